The van der Waals surface area contributed by atoms with Crippen LogP contribution < -0.4 is 0 Å². The van der Waals surface area contributed by atoms with E-state index in [2.05, 4.69) is 23.7 Å². The second-order valence-corrected chi connectivity index (χ2v) is 2.56. The number of carboxylic acid groups (broad SMARTS) is 1. The minimum atomic E-state index is -0.967. The summed E-state index contributed by atoms with van der Waals surface area (Å²) in [6, 6.07) is 0. The number of carboxylic acids is 1. The van der Waals surface area contributed by atoms with Crippen LogP contribution in [-0.2, 0) is 4.79 Å². The summed E-state index contributed by atoms with van der Waals surface area (Å²) in [4.78, 5) is 10.3. The first-order valence-electron chi connectivity index (χ1n) is 4.37. The molecular weight excluding hydrogens is 188 g/mol. The highest BCUT2D eigenvalue weighted by Gasteiger charge is 1.95. The minimum absolute atomic E-state index is 0.203. The Hall–Kier alpha value is -2.19. The molecule has 0 atom stereocenters. The number of carbonyl (C=O) groups is 1. The van der Waals surface area contributed by atoms with Crippen LogP contribution in [0.2, 0.25) is 0 Å². The second-order valence-electron chi connectivity index (χ2n) is 2.56. The number of rotatable bonds is 2. The van der Waals surface area contributed by atoms with Gasteiger partial charge in [0, 0.05) is 5.57 Å². The molecular formula is C13H12O2. The second kappa shape index (κ2) is 8.41. The van der Waals surface area contributed by atoms with E-state index in [1.54, 1.807) is 12.2 Å². The normalized spacial score (nSPS) is 10.7. The van der Waals surface area contributed by atoms with Gasteiger partial charge < -0.3 is 5.11 Å². The van der Waals surface area contributed by atoms with Gasteiger partial charge in [0.2, 0.25) is 0 Å². The van der Waals surface area contributed by atoms with Crippen molar-refractivity contribution in [1.82, 2.24) is 0 Å². The van der Waals surface area contributed by atoms with Crippen molar-refractivity contribution in [1.29, 1.82) is 0 Å². The van der Waals surface area contributed by atoms with E-state index in [0.717, 1.165) is 0 Å². The third kappa shape index (κ3) is 8.15. The molecule has 76 valence electrons. The molecule has 0 unspecified atom stereocenters. The number of hydrogen-bond donors (Lipinski definition) is 1. The van der Waals surface area contributed by atoms with Gasteiger partial charge in [0.15, 0.2) is 0 Å². The standard InChI is InChI=1S/C13H12O2/c1-3-4-5-6-7-8-9-10-11-12(2)13(14)15/h3-6,11H,1-2H3,(H,14,15). The van der Waals surface area contributed by atoms with Gasteiger partial charge in [0.05, 0.1) is 0 Å². The summed E-state index contributed by atoms with van der Waals surface area (Å²) in [5.74, 6) is 9.35. The highest BCUT2D eigenvalue weighted by Crippen LogP contribution is 1.88. The van der Waals surface area contributed by atoms with Crippen molar-refractivity contribution in [3.63, 3.8) is 0 Å². The van der Waals surface area contributed by atoms with E-state index in [4.69, 9.17) is 5.11 Å². The highest BCUT2D eigenvalue weighted by atomic mass is 16.4. The van der Waals surface area contributed by atoms with Crippen molar-refractivity contribution >= 4 is 5.97 Å². The number of allylic oxidation sites excluding steroid dienone is 5. The summed E-state index contributed by atoms with van der Waals surface area (Å²) in [6.45, 7) is 3.40. The molecule has 2 nitrogen and oxygen atoms in total. The molecule has 15 heavy (non-hydrogen) atoms. The zero-order valence-electron chi connectivity index (χ0n) is 8.74. The van der Waals surface area contributed by atoms with Crippen molar-refractivity contribution in [3.05, 3.63) is 36.0 Å². The van der Waals surface area contributed by atoms with Crippen molar-refractivity contribution < 1.29 is 9.90 Å². The van der Waals surface area contributed by atoms with Gasteiger partial charge in [-0.15, -0.1) is 0 Å². The molecule has 0 aromatic rings. The maximum atomic E-state index is 10.3. The van der Waals surface area contributed by atoms with Crippen LogP contribution >= 0.6 is 0 Å². The predicted molar refractivity (Wildman–Crippen MR) is 60.9 cm³/mol. The predicted octanol–water partition coefficient (Wildman–Crippen LogP) is 2.16. The summed E-state index contributed by atoms with van der Waals surface area (Å²) < 4.78 is 0. The van der Waals surface area contributed by atoms with Crippen molar-refractivity contribution in [3.8, 4) is 23.7 Å². The van der Waals surface area contributed by atoms with Crippen LogP contribution in [0.3, 0.4) is 0 Å². The SMILES string of the molecule is CC=CC=CC#CC#CC=C(C)C(=O)O. The average Bonchev–Trinajstić information content (AvgIpc) is 2.21. The van der Waals surface area contributed by atoms with E-state index in [-0.39, 0.29) is 5.57 Å². The molecule has 0 aliphatic rings. The molecule has 0 bridgehead atoms. The molecule has 0 rings (SSSR count). The van der Waals surface area contributed by atoms with Gasteiger partial charge in [0.25, 0.3) is 0 Å². The van der Waals surface area contributed by atoms with Crippen LogP contribution in [0.5, 0.6) is 0 Å². The Morgan fingerprint density at radius 2 is 1.87 bits per heavy atom. The minimum Gasteiger partial charge on any atom is -0.478 e. The van der Waals surface area contributed by atoms with Crippen LogP contribution in [0.15, 0.2) is 36.0 Å². The summed E-state index contributed by atoms with van der Waals surface area (Å²) in [6.07, 6.45) is 8.54. The van der Waals surface area contributed by atoms with Crippen molar-refractivity contribution in [2.45, 2.75) is 13.8 Å². The molecule has 0 spiro atoms. The van der Waals surface area contributed by atoms with E-state index in [1.165, 1.54) is 13.0 Å². The summed E-state index contributed by atoms with van der Waals surface area (Å²) >= 11 is 0. The maximum Gasteiger partial charge on any atom is 0.331 e. The Kier molecular flexibility index (Phi) is 7.18. The van der Waals surface area contributed by atoms with Gasteiger partial charge in [-0.05, 0) is 37.8 Å². The Labute approximate surface area is 90.0 Å². The molecule has 0 aromatic carbocycles. The van der Waals surface area contributed by atoms with Crippen LogP contribution in [0.25, 0.3) is 0 Å². The molecule has 0 amide bonds. The molecule has 2 heteroatoms. The molecule has 1 N–H and O–H groups in total. The summed E-state index contributed by atoms with van der Waals surface area (Å²) in [5.41, 5.74) is 0.203. The molecule has 0 radical (unpaired) electrons. The van der Waals surface area contributed by atoms with Gasteiger partial charge >= 0.3 is 5.97 Å². The van der Waals surface area contributed by atoms with Gasteiger partial charge in [-0.2, -0.15) is 0 Å². The molecule has 0 aromatic heterocycles. The van der Waals surface area contributed by atoms with E-state index < -0.39 is 5.97 Å². The fourth-order valence-electron chi connectivity index (χ4n) is 0.535. The third-order valence-electron chi connectivity index (χ3n) is 1.32. The topological polar surface area (TPSA) is 37.3 Å². The molecule has 0 saturated heterocycles. The molecule has 0 aliphatic carbocycles. The van der Waals surface area contributed by atoms with Gasteiger partial charge in [-0.25, -0.2) is 4.79 Å². The lowest BCUT2D eigenvalue weighted by Gasteiger charge is -1.84. The Morgan fingerprint density at radius 3 is 2.47 bits per heavy atom. The monoisotopic (exact) mass is 200 g/mol. The smallest absolute Gasteiger partial charge is 0.331 e. The lowest BCUT2D eigenvalue weighted by Crippen LogP contribution is -1.94. The van der Waals surface area contributed by atoms with Crippen molar-refractivity contribution in [2.75, 3.05) is 0 Å². The largest absolute Gasteiger partial charge is 0.478 e. The van der Waals surface area contributed by atoms with Crippen LogP contribution in [0.1, 0.15) is 13.8 Å². The Bertz CT molecular complexity index is 415. The quantitative estimate of drug-likeness (QED) is 0.421. The van der Waals surface area contributed by atoms with Crippen molar-refractivity contribution in [2.24, 2.45) is 0 Å². The van der Waals surface area contributed by atoms with E-state index >= 15 is 0 Å². The van der Waals surface area contributed by atoms with Gasteiger partial charge in [-0.1, -0.05) is 30.1 Å². The lowest BCUT2D eigenvalue weighted by atomic mass is 10.3. The summed E-state index contributed by atoms with van der Waals surface area (Å²) in [5, 5.41) is 8.49. The van der Waals surface area contributed by atoms with Crippen LogP contribution in [-0.4, -0.2) is 11.1 Å². The number of hydrogen-bond acceptors (Lipinski definition) is 1. The first-order chi connectivity index (χ1) is 7.18. The Morgan fingerprint density at radius 1 is 1.20 bits per heavy atom. The van der Waals surface area contributed by atoms with E-state index in [9.17, 15) is 4.79 Å². The maximum absolute atomic E-state index is 10.3. The first kappa shape index (κ1) is 12.8. The molecule has 0 heterocycles. The fourth-order valence-corrected chi connectivity index (χ4v) is 0.535. The summed E-state index contributed by atoms with van der Waals surface area (Å²) in [7, 11) is 0. The zero-order chi connectivity index (χ0) is 11.5. The van der Waals surface area contributed by atoms with Crippen LogP contribution in [0.4, 0.5) is 0 Å². The third-order valence-corrected chi connectivity index (χ3v) is 1.32. The molecule has 0 aliphatic heterocycles. The lowest BCUT2D eigenvalue weighted by molar-refractivity contribution is -0.132. The fraction of sp³-hybridized carbons (Fsp3) is 0.154. The molecule has 0 fully saturated rings. The number of aliphatic carboxylic acids is 1. The highest BCUT2D eigenvalue weighted by molar-refractivity contribution is 5.86. The Balaban J connectivity index is 4.22. The van der Waals surface area contributed by atoms with E-state index in [0.29, 0.717) is 0 Å². The van der Waals surface area contributed by atoms with Gasteiger partial charge in [0.1, 0.15) is 0 Å². The zero-order valence-corrected chi connectivity index (χ0v) is 8.74. The van der Waals surface area contributed by atoms with Gasteiger partial charge in [-0.3, -0.25) is 0 Å². The van der Waals surface area contributed by atoms with Crippen LogP contribution in [0, 0.1) is 23.7 Å². The first-order valence-corrected chi connectivity index (χ1v) is 4.37. The van der Waals surface area contributed by atoms with E-state index in [1.807, 2.05) is 19.1 Å². The average molecular weight is 200 g/mol. The molecule has 0 saturated carbocycles.